The zero-order chi connectivity index (χ0) is 24.4. The Labute approximate surface area is 196 Å². The lowest BCUT2D eigenvalue weighted by Gasteiger charge is -2.20. The van der Waals surface area contributed by atoms with E-state index >= 15 is 0 Å². The summed E-state index contributed by atoms with van der Waals surface area (Å²) in [6.45, 7) is 5.28. The average molecular weight is 465 g/mol. The van der Waals surface area contributed by atoms with Gasteiger partial charge in [-0.05, 0) is 55.2 Å². The van der Waals surface area contributed by atoms with Crippen molar-refractivity contribution in [3.8, 4) is 5.69 Å². The molecule has 4 rings (SSSR count). The van der Waals surface area contributed by atoms with E-state index < -0.39 is 24.6 Å². The Morgan fingerprint density at radius 3 is 2.44 bits per heavy atom. The molecule has 3 heterocycles. The van der Waals surface area contributed by atoms with Crippen molar-refractivity contribution >= 4 is 0 Å². The van der Waals surface area contributed by atoms with Gasteiger partial charge in [0.15, 0.2) is 0 Å². The highest BCUT2D eigenvalue weighted by molar-refractivity contribution is 5.44. The Morgan fingerprint density at radius 2 is 1.82 bits per heavy atom. The molecule has 1 N–H and O–H groups in total. The molecule has 6 nitrogen and oxygen atoms in total. The van der Waals surface area contributed by atoms with Crippen molar-refractivity contribution in [3.05, 3.63) is 111 Å². The molecule has 0 aliphatic rings. The fraction of sp³-hybridized carbons (Fsp3) is 0.269. The number of imidazole rings is 1. The molecular formula is C26H26F2N4O2. The number of alkyl halides is 2. The number of hydrogen-bond acceptors (Lipinski definition) is 4. The van der Waals surface area contributed by atoms with Crippen molar-refractivity contribution in [3.63, 3.8) is 0 Å². The molecule has 1 atom stereocenters. The molecule has 0 aliphatic heterocycles. The van der Waals surface area contributed by atoms with Crippen molar-refractivity contribution in [2.75, 3.05) is 6.61 Å². The molecule has 8 heteroatoms. The minimum atomic E-state index is -2.76. The first-order valence-electron chi connectivity index (χ1n) is 10.9. The van der Waals surface area contributed by atoms with Crippen molar-refractivity contribution in [2.24, 2.45) is 0 Å². The summed E-state index contributed by atoms with van der Waals surface area (Å²) in [6, 6.07) is 7.98. The van der Waals surface area contributed by atoms with E-state index in [2.05, 4.69) is 9.97 Å². The Morgan fingerprint density at radius 1 is 1.03 bits per heavy atom. The number of pyridine rings is 2. The van der Waals surface area contributed by atoms with Crippen molar-refractivity contribution in [2.45, 2.75) is 39.7 Å². The Kier molecular flexibility index (Phi) is 6.70. The first-order valence-corrected chi connectivity index (χ1v) is 10.9. The number of aliphatic hydroxyl groups is 1. The first-order chi connectivity index (χ1) is 16.3. The lowest BCUT2D eigenvalue weighted by Crippen LogP contribution is -2.30. The summed E-state index contributed by atoms with van der Waals surface area (Å²) in [5.41, 5.74) is 4.63. The molecule has 1 aromatic carbocycles. The summed E-state index contributed by atoms with van der Waals surface area (Å²) >= 11 is 0. The predicted molar refractivity (Wildman–Crippen MR) is 126 cm³/mol. The SMILES string of the molecule is Cc1cncc([C@H](CO)n2cc(C(F)F)cc(Cc3ccc(-n4cnc(C)c4)c(C)c3)c2=O)c1. The van der Waals surface area contributed by atoms with Gasteiger partial charge < -0.3 is 14.2 Å². The van der Waals surface area contributed by atoms with Crippen LogP contribution in [-0.2, 0) is 6.42 Å². The van der Waals surface area contributed by atoms with E-state index in [-0.39, 0.29) is 17.5 Å². The largest absolute Gasteiger partial charge is 0.394 e. The summed E-state index contributed by atoms with van der Waals surface area (Å²) in [4.78, 5) is 21.7. The van der Waals surface area contributed by atoms with E-state index in [1.165, 1.54) is 16.8 Å². The van der Waals surface area contributed by atoms with Crippen LogP contribution in [0.15, 0.2) is 66.2 Å². The van der Waals surface area contributed by atoms with Crippen LogP contribution in [0.1, 0.15) is 51.5 Å². The lowest BCUT2D eigenvalue weighted by atomic mass is 10.0. The number of hydrogen-bond donors (Lipinski definition) is 1. The van der Waals surface area contributed by atoms with Crippen LogP contribution >= 0.6 is 0 Å². The van der Waals surface area contributed by atoms with Gasteiger partial charge in [0, 0.05) is 48.0 Å². The van der Waals surface area contributed by atoms with E-state index in [0.29, 0.717) is 5.56 Å². The standard InChI is InChI=1S/C26H26F2N4O2/c1-16-6-21(11-29-10-16)24(14-33)32-13-22(25(27)28)9-20(26(32)34)8-19-4-5-23(17(2)7-19)31-12-18(3)30-15-31/h4-7,9-13,15,24-25,33H,8,14H2,1-3H3/t24-/m0/s1. The van der Waals surface area contributed by atoms with Crippen molar-refractivity contribution in [1.29, 1.82) is 0 Å². The molecule has 0 radical (unpaired) electrons. The highest BCUT2D eigenvalue weighted by Gasteiger charge is 2.20. The molecule has 34 heavy (non-hydrogen) atoms. The zero-order valence-corrected chi connectivity index (χ0v) is 19.2. The number of aryl methyl sites for hydroxylation is 3. The fourth-order valence-corrected chi connectivity index (χ4v) is 4.17. The van der Waals surface area contributed by atoms with Gasteiger partial charge in [0.1, 0.15) is 0 Å². The van der Waals surface area contributed by atoms with Gasteiger partial charge in [0.2, 0.25) is 0 Å². The summed E-state index contributed by atoms with van der Waals surface area (Å²) in [6.07, 6.45) is 5.41. The lowest BCUT2D eigenvalue weighted by molar-refractivity contribution is 0.149. The van der Waals surface area contributed by atoms with Crippen LogP contribution in [0.2, 0.25) is 0 Å². The quantitative estimate of drug-likeness (QED) is 0.438. The molecule has 0 fully saturated rings. The van der Waals surface area contributed by atoms with E-state index in [4.69, 9.17) is 0 Å². The Hall–Kier alpha value is -3.65. The van der Waals surface area contributed by atoms with E-state index in [1.807, 2.05) is 49.7 Å². The maximum atomic E-state index is 13.7. The van der Waals surface area contributed by atoms with Gasteiger partial charge in [-0.15, -0.1) is 0 Å². The predicted octanol–water partition coefficient (Wildman–Crippen LogP) is 4.46. The van der Waals surface area contributed by atoms with Gasteiger partial charge in [-0.3, -0.25) is 9.78 Å². The maximum Gasteiger partial charge on any atom is 0.265 e. The van der Waals surface area contributed by atoms with E-state index in [9.17, 15) is 18.7 Å². The fourth-order valence-electron chi connectivity index (χ4n) is 4.17. The summed E-state index contributed by atoms with van der Waals surface area (Å²) in [5.74, 6) is 0. The van der Waals surface area contributed by atoms with Gasteiger partial charge in [-0.25, -0.2) is 13.8 Å². The second-order valence-electron chi connectivity index (χ2n) is 8.53. The summed E-state index contributed by atoms with van der Waals surface area (Å²) in [5, 5.41) is 10.1. The number of benzene rings is 1. The molecule has 0 aliphatic carbocycles. The molecule has 0 bridgehead atoms. The van der Waals surface area contributed by atoms with Crippen LogP contribution in [0.3, 0.4) is 0 Å². The molecule has 4 aromatic rings. The molecule has 0 saturated heterocycles. The number of nitrogens with zero attached hydrogens (tertiary/aromatic N) is 4. The Bertz CT molecular complexity index is 1380. The molecule has 3 aromatic heterocycles. The molecule has 0 amide bonds. The number of halogens is 2. The van der Waals surface area contributed by atoms with Gasteiger partial charge in [0.25, 0.3) is 12.0 Å². The normalized spacial score (nSPS) is 12.3. The highest BCUT2D eigenvalue weighted by atomic mass is 19.3. The third kappa shape index (κ3) is 4.82. The zero-order valence-electron chi connectivity index (χ0n) is 19.2. The molecule has 0 saturated carbocycles. The monoisotopic (exact) mass is 464 g/mol. The van der Waals surface area contributed by atoms with Crippen molar-refractivity contribution in [1.82, 2.24) is 19.1 Å². The minimum Gasteiger partial charge on any atom is -0.394 e. The number of aliphatic hydroxyl groups excluding tert-OH is 1. The van der Waals surface area contributed by atoms with Crippen LogP contribution < -0.4 is 5.56 Å². The van der Waals surface area contributed by atoms with Crippen LogP contribution in [0.25, 0.3) is 5.69 Å². The van der Waals surface area contributed by atoms with Gasteiger partial charge >= 0.3 is 0 Å². The maximum absolute atomic E-state index is 13.7. The number of rotatable bonds is 7. The third-order valence-electron chi connectivity index (χ3n) is 5.83. The Balaban J connectivity index is 1.74. The van der Waals surface area contributed by atoms with Gasteiger partial charge in [-0.1, -0.05) is 18.2 Å². The van der Waals surface area contributed by atoms with Crippen LogP contribution in [0, 0.1) is 20.8 Å². The molecule has 0 unspecified atom stereocenters. The minimum absolute atomic E-state index is 0.188. The average Bonchev–Trinajstić information content (AvgIpc) is 3.22. The van der Waals surface area contributed by atoms with Crippen LogP contribution in [0.5, 0.6) is 0 Å². The highest BCUT2D eigenvalue weighted by Crippen LogP contribution is 2.24. The number of aromatic nitrogens is 4. The van der Waals surface area contributed by atoms with Gasteiger partial charge in [0.05, 0.1) is 24.7 Å². The van der Waals surface area contributed by atoms with E-state index in [1.54, 1.807) is 18.6 Å². The second kappa shape index (κ2) is 9.69. The summed E-state index contributed by atoms with van der Waals surface area (Å²) in [7, 11) is 0. The topological polar surface area (TPSA) is 72.9 Å². The second-order valence-corrected chi connectivity index (χ2v) is 8.53. The molecule has 0 spiro atoms. The molecule has 176 valence electrons. The van der Waals surface area contributed by atoms with Crippen LogP contribution in [0.4, 0.5) is 8.78 Å². The van der Waals surface area contributed by atoms with E-state index in [0.717, 1.165) is 34.3 Å². The molecular weight excluding hydrogens is 438 g/mol. The van der Waals surface area contributed by atoms with Crippen molar-refractivity contribution < 1.29 is 13.9 Å². The van der Waals surface area contributed by atoms with Gasteiger partial charge in [-0.2, -0.15) is 0 Å². The first kappa shape index (κ1) is 23.5. The third-order valence-corrected chi connectivity index (χ3v) is 5.83. The summed E-state index contributed by atoms with van der Waals surface area (Å²) < 4.78 is 30.6. The smallest absolute Gasteiger partial charge is 0.265 e. The van der Waals surface area contributed by atoms with Crippen LogP contribution in [-0.4, -0.2) is 30.8 Å².